The van der Waals surface area contributed by atoms with Crippen molar-refractivity contribution >= 4 is 38.6 Å². The predicted molar refractivity (Wildman–Crippen MR) is 103 cm³/mol. The molecule has 0 saturated carbocycles. The van der Waals surface area contributed by atoms with Gasteiger partial charge in [-0.1, -0.05) is 25.1 Å². The minimum atomic E-state index is -3.57. The molecule has 1 aromatic carbocycles. The van der Waals surface area contributed by atoms with Gasteiger partial charge in [-0.05, 0) is 42.8 Å². The summed E-state index contributed by atoms with van der Waals surface area (Å²) in [7, 11) is -1.66. The zero-order chi connectivity index (χ0) is 17.9. The quantitative estimate of drug-likeness (QED) is 0.701. The molecule has 0 amide bonds. The molecule has 7 heteroatoms. The second kappa shape index (κ2) is 7.25. The minimum Gasteiger partial charge on any atom is -0.329 e. The number of rotatable bonds is 6. The van der Waals surface area contributed by atoms with Crippen molar-refractivity contribution in [2.45, 2.75) is 17.6 Å². The molecular weight excluding hydrogens is 354 g/mol. The van der Waals surface area contributed by atoms with Gasteiger partial charge in [0.2, 0.25) is 0 Å². The number of aromatic nitrogens is 1. The number of para-hydroxylation sites is 1. The molecule has 0 atom stereocenters. The predicted octanol–water partition coefficient (Wildman–Crippen LogP) is 4.27. The van der Waals surface area contributed by atoms with Crippen LogP contribution < -0.4 is 9.62 Å². The first-order valence-electron chi connectivity index (χ1n) is 7.86. The summed E-state index contributed by atoms with van der Waals surface area (Å²) in [4.78, 5) is 7.33. The van der Waals surface area contributed by atoms with Crippen molar-refractivity contribution in [1.29, 1.82) is 0 Å². The average Bonchev–Trinajstić information content (AvgIpc) is 3.12. The number of benzene rings is 1. The van der Waals surface area contributed by atoms with Crippen molar-refractivity contribution in [3.63, 3.8) is 0 Å². The molecule has 1 N–H and O–H groups in total. The third-order valence-electron chi connectivity index (χ3n) is 3.74. The Bertz CT molecular complexity index is 936. The Morgan fingerprint density at radius 1 is 1.08 bits per heavy atom. The highest BCUT2D eigenvalue weighted by Gasteiger charge is 2.17. The molecule has 0 unspecified atom stereocenters. The fourth-order valence-corrected chi connectivity index (χ4v) is 4.67. The Morgan fingerprint density at radius 3 is 2.44 bits per heavy atom. The molecule has 0 aliphatic rings. The maximum atomic E-state index is 12.4. The van der Waals surface area contributed by atoms with Crippen LogP contribution in [0.1, 0.15) is 11.8 Å². The van der Waals surface area contributed by atoms with Gasteiger partial charge in [0.05, 0.1) is 11.9 Å². The van der Waals surface area contributed by atoms with Gasteiger partial charge in [-0.3, -0.25) is 4.72 Å². The lowest BCUT2D eigenvalue weighted by atomic mass is 10.3. The van der Waals surface area contributed by atoms with Crippen molar-refractivity contribution in [2.75, 3.05) is 16.7 Å². The fourth-order valence-electron chi connectivity index (χ4n) is 2.33. The summed E-state index contributed by atoms with van der Waals surface area (Å²) >= 11 is 1.29. The number of sulfonamides is 1. The molecular formula is C18H19N3O2S2. The van der Waals surface area contributed by atoms with E-state index >= 15 is 0 Å². The van der Waals surface area contributed by atoms with Crippen molar-refractivity contribution in [1.82, 2.24) is 4.98 Å². The van der Waals surface area contributed by atoms with E-state index in [0.717, 1.165) is 22.8 Å². The molecule has 0 radical (unpaired) electrons. The second-order valence-corrected chi connectivity index (χ2v) is 8.56. The third-order valence-corrected chi connectivity index (χ3v) is 6.84. The number of anilines is 3. The van der Waals surface area contributed by atoms with Gasteiger partial charge in [-0.2, -0.15) is 0 Å². The van der Waals surface area contributed by atoms with Gasteiger partial charge in [0, 0.05) is 17.6 Å². The topological polar surface area (TPSA) is 62.3 Å². The Labute approximate surface area is 152 Å². The van der Waals surface area contributed by atoms with Gasteiger partial charge in [-0.15, -0.1) is 11.3 Å². The van der Waals surface area contributed by atoms with Gasteiger partial charge in [-0.25, -0.2) is 13.4 Å². The Balaban J connectivity index is 1.76. The summed E-state index contributed by atoms with van der Waals surface area (Å²) in [5, 5.41) is 0. The lowest BCUT2D eigenvalue weighted by molar-refractivity contribution is 0.603. The van der Waals surface area contributed by atoms with E-state index in [2.05, 4.69) is 9.71 Å². The van der Waals surface area contributed by atoms with Crippen molar-refractivity contribution in [3.8, 4) is 0 Å². The van der Waals surface area contributed by atoms with E-state index < -0.39 is 10.0 Å². The third kappa shape index (κ3) is 4.00. The summed E-state index contributed by atoms with van der Waals surface area (Å²) < 4.78 is 27.8. The lowest BCUT2D eigenvalue weighted by Gasteiger charge is -2.18. The van der Waals surface area contributed by atoms with E-state index in [1.807, 2.05) is 55.3 Å². The number of pyridine rings is 1. The van der Waals surface area contributed by atoms with E-state index in [0.29, 0.717) is 9.90 Å². The van der Waals surface area contributed by atoms with Crippen LogP contribution in [0.25, 0.3) is 0 Å². The Kier molecular flexibility index (Phi) is 5.06. The Morgan fingerprint density at radius 2 is 1.84 bits per heavy atom. The average molecular weight is 374 g/mol. The van der Waals surface area contributed by atoms with Gasteiger partial charge >= 0.3 is 0 Å². The standard InChI is InChI=1S/C18H19N3O2S2/c1-3-16-10-12-18(24-16)25(22,23)20-14-9-11-17(19-13-14)21(2)15-7-5-4-6-8-15/h4-13,20H,3H2,1-2H3. The summed E-state index contributed by atoms with van der Waals surface area (Å²) in [6.45, 7) is 2.00. The number of thiophene rings is 1. The number of nitrogens with one attached hydrogen (secondary N) is 1. The maximum absolute atomic E-state index is 12.4. The molecule has 2 aromatic heterocycles. The molecule has 3 aromatic rings. The summed E-state index contributed by atoms with van der Waals surface area (Å²) in [5.74, 6) is 0.735. The largest absolute Gasteiger partial charge is 0.329 e. The highest BCUT2D eigenvalue weighted by Crippen LogP contribution is 2.26. The first kappa shape index (κ1) is 17.4. The molecule has 0 aliphatic carbocycles. The molecule has 5 nitrogen and oxygen atoms in total. The molecule has 2 heterocycles. The van der Waals surface area contributed by atoms with Crippen LogP contribution in [0.2, 0.25) is 0 Å². The van der Waals surface area contributed by atoms with E-state index in [1.165, 1.54) is 17.5 Å². The zero-order valence-electron chi connectivity index (χ0n) is 14.0. The monoisotopic (exact) mass is 373 g/mol. The molecule has 130 valence electrons. The van der Waals surface area contributed by atoms with E-state index in [9.17, 15) is 8.42 Å². The highest BCUT2D eigenvalue weighted by atomic mass is 32.2. The highest BCUT2D eigenvalue weighted by molar-refractivity contribution is 7.94. The van der Waals surface area contributed by atoms with Crippen molar-refractivity contribution in [2.24, 2.45) is 0 Å². The van der Waals surface area contributed by atoms with Crippen LogP contribution in [-0.4, -0.2) is 20.4 Å². The van der Waals surface area contributed by atoms with Crippen molar-refractivity contribution in [3.05, 3.63) is 65.7 Å². The SMILES string of the molecule is CCc1ccc(S(=O)(=O)Nc2ccc(N(C)c3ccccc3)nc2)s1. The zero-order valence-corrected chi connectivity index (χ0v) is 15.6. The van der Waals surface area contributed by atoms with Crippen LogP contribution >= 0.6 is 11.3 Å². The summed E-state index contributed by atoms with van der Waals surface area (Å²) in [5.41, 5.74) is 1.45. The van der Waals surface area contributed by atoms with Gasteiger partial charge in [0.15, 0.2) is 0 Å². The smallest absolute Gasteiger partial charge is 0.271 e. The van der Waals surface area contributed by atoms with Gasteiger partial charge in [0.25, 0.3) is 10.0 Å². The van der Waals surface area contributed by atoms with Crippen molar-refractivity contribution < 1.29 is 8.42 Å². The molecule has 0 aliphatic heterocycles. The first-order chi connectivity index (χ1) is 12.0. The molecule has 0 saturated heterocycles. The van der Waals surface area contributed by atoms with Crippen LogP contribution in [0.5, 0.6) is 0 Å². The molecule has 25 heavy (non-hydrogen) atoms. The van der Waals surface area contributed by atoms with Crippen LogP contribution in [0.3, 0.4) is 0 Å². The number of hydrogen-bond donors (Lipinski definition) is 1. The van der Waals surface area contributed by atoms with E-state index in [-0.39, 0.29) is 0 Å². The minimum absolute atomic E-state index is 0.315. The molecule has 0 bridgehead atoms. The van der Waals surface area contributed by atoms with Crippen LogP contribution in [-0.2, 0) is 16.4 Å². The normalized spacial score (nSPS) is 11.3. The van der Waals surface area contributed by atoms with Crippen LogP contribution in [0.4, 0.5) is 17.2 Å². The van der Waals surface area contributed by atoms with Gasteiger partial charge in [0.1, 0.15) is 10.0 Å². The molecule has 0 fully saturated rings. The number of hydrogen-bond acceptors (Lipinski definition) is 5. The van der Waals surface area contributed by atoms with Gasteiger partial charge < -0.3 is 4.90 Å². The lowest BCUT2D eigenvalue weighted by Crippen LogP contribution is -2.13. The fraction of sp³-hybridized carbons (Fsp3) is 0.167. The van der Waals surface area contributed by atoms with E-state index in [1.54, 1.807) is 18.2 Å². The summed E-state index contributed by atoms with van der Waals surface area (Å²) in [6.07, 6.45) is 2.35. The maximum Gasteiger partial charge on any atom is 0.271 e. The van der Waals surface area contributed by atoms with E-state index in [4.69, 9.17) is 0 Å². The second-order valence-electron chi connectivity index (χ2n) is 5.48. The Hall–Kier alpha value is -2.38. The summed E-state index contributed by atoms with van der Waals surface area (Å²) in [6, 6.07) is 16.8. The molecule has 3 rings (SSSR count). The number of nitrogens with zero attached hydrogens (tertiary/aromatic N) is 2. The number of aryl methyl sites for hydroxylation is 1. The molecule has 0 spiro atoms. The van der Waals surface area contributed by atoms with Crippen LogP contribution in [0, 0.1) is 0 Å². The first-order valence-corrected chi connectivity index (χ1v) is 10.2. The van der Waals surface area contributed by atoms with Crippen LogP contribution in [0.15, 0.2) is 65.0 Å².